The van der Waals surface area contributed by atoms with Gasteiger partial charge in [-0.2, -0.15) is 19.9 Å². The first-order valence-corrected chi connectivity index (χ1v) is 50.2. The molecule has 12 N–H and O–H groups in total. The number of hydrogen-bond donors (Lipinski definition) is 12. The number of likely N-dealkylation sites (tertiary alicyclic amines) is 1. The average Bonchev–Trinajstić information content (AvgIpc) is 1.63. The number of anilines is 8. The van der Waals surface area contributed by atoms with Gasteiger partial charge in [-0.3, -0.25) is 24.1 Å². The van der Waals surface area contributed by atoms with Gasteiger partial charge in [0.25, 0.3) is 23.6 Å². The fourth-order valence-corrected chi connectivity index (χ4v) is 20.3. The van der Waals surface area contributed by atoms with E-state index in [9.17, 15) is 39.6 Å². The van der Waals surface area contributed by atoms with Crippen LogP contribution in [-0.2, 0) is 59.2 Å². The normalized spacial score (nSPS) is 19.3. The summed E-state index contributed by atoms with van der Waals surface area (Å²) in [6, 6.07) is 24.1. The summed E-state index contributed by atoms with van der Waals surface area (Å²) in [5, 5.41) is 65.0. The second-order valence-electron chi connectivity index (χ2n) is 38.9. The number of carbonyl (C=O) groups is 4. The van der Waals surface area contributed by atoms with Gasteiger partial charge >= 0.3 is 0 Å². The summed E-state index contributed by atoms with van der Waals surface area (Å²) in [6.45, 7) is 18.6. The van der Waals surface area contributed by atoms with E-state index in [-0.39, 0.29) is 62.6 Å². The molecule has 11 aliphatic rings. The molecule has 33 nitrogen and oxygen atoms in total. The number of aliphatic hydroxyl groups excluding tert-OH is 4. The predicted molar refractivity (Wildman–Crippen MR) is 533 cm³/mol. The zero-order valence-corrected chi connectivity index (χ0v) is 81.1. The van der Waals surface area contributed by atoms with Crippen molar-refractivity contribution in [2.45, 2.75) is 181 Å². The number of benzene rings is 4. The highest BCUT2D eigenvalue weighted by Gasteiger charge is 2.51. The van der Waals surface area contributed by atoms with Gasteiger partial charge in [0.05, 0.1) is 33.0 Å². The Labute approximate surface area is 820 Å². The number of rotatable bonds is 33. The molecule has 0 bridgehead atoms. The van der Waals surface area contributed by atoms with Crippen LogP contribution in [0.3, 0.4) is 0 Å². The van der Waals surface area contributed by atoms with Crippen molar-refractivity contribution in [3.05, 3.63) is 209 Å². The molecule has 9 aromatic rings. The van der Waals surface area contributed by atoms with E-state index >= 15 is 0 Å². The van der Waals surface area contributed by atoms with Gasteiger partial charge in [-0.1, -0.05) is 121 Å². The molecule has 5 aromatic heterocycles. The smallest absolute Gasteiger partial charge is 0.256 e. The molecule has 11 heterocycles. The van der Waals surface area contributed by atoms with Gasteiger partial charge in [0.15, 0.2) is 0 Å². The molecule has 0 radical (unpaired) electrons. The number of piperazine rings is 1. The van der Waals surface area contributed by atoms with Gasteiger partial charge < -0.3 is 92.4 Å². The summed E-state index contributed by atoms with van der Waals surface area (Å²) in [4.78, 5) is 114. The summed E-state index contributed by atoms with van der Waals surface area (Å²) in [6.07, 6.45) is 31.8. The molecule has 11 fully saturated rings. The van der Waals surface area contributed by atoms with E-state index in [1.165, 1.54) is 89.9 Å². The van der Waals surface area contributed by atoms with Crippen molar-refractivity contribution in [2.24, 2.45) is 28.1 Å². The van der Waals surface area contributed by atoms with Crippen molar-refractivity contribution in [3.8, 4) is 0 Å². The number of amides is 4. The Morgan fingerprint density at radius 3 is 1.08 bits per heavy atom. The van der Waals surface area contributed by atoms with E-state index in [0.717, 1.165) is 164 Å². The Kier molecular flexibility index (Phi) is 32.6. The number of aliphatic hydroxyl groups is 4. The van der Waals surface area contributed by atoms with E-state index < -0.39 is 0 Å². The molecule has 4 amide bonds. The van der Waals surface area contributed by atoms with Crippen molar-refractivity contribution in [3.63, 3.8) is 0 Å². The van der Waals surface area contributed by atoms with E-state index in [2.05, 4.69) is 114 Å². The van der Waals surface area contributed by atoms with Crippen LogP contribution in [0.15, 0.2) is 116 Å². The minimum absolute atomic E-state index is 0.0926. The van der Waals surface area contributed by atoms with Crippen LogP contribution in [0.25, 0.3) is 0 Å². The predicted octanol–water partition coefficient (Wildman–Crippen LogP) is 12.3. The molecule has 728 valence electrons. The van der Waals surface area contributed by atoms with Gasteiger partial charge in [0, 0.05) is 194 Å². The van der Waals surface area contributed by atoms with Crippen molar-refractivity contribution in [2.75, 3.05) is 166 Å². The van der Waals surface area contributed by atoms with Crippen LogP contribution in [0.4, 0.5) is 47.1 Å². The Balaban J connectivity index is 0.000000127. The number of likely N-dealkylation sites (N-methyl/N-ethyl adjacent to an activating group) is 1. The third-order valence-electron chi connectivity index (χ3n) is 28.8. The molecule has 5 saturated carbocycles. The topological polar surface area (TPSA) is 397 Å². The summed E-state index contributed by atoms with van der Waals surface area (Å²) >= 11 is 25.0. The first-order chi connectivity index (χ1) is 66.6. The number of nitrogens with one attached hydrogen (secondary N) is 8. The van der Waals surface area contributed by atoms with Crippen molar-refractivity contribution in [1.29, 1.82) is 0 Å². The Bertz CT molecular complexity index is 5680. The molecular formula is C100H127Cl4N25O8. The Morgan fingerprint density at radius 1 is 0.387 bits per heavy atom. The SMILES string of the molecule is CN1CCN(CCNC(=O)c2cnc(N3CCC4(CC4)C3)nc2NCc2ccc(CO)c(Cl)c2)CC1.O=C(NC1CCCCC1)c1cnc(N2CCC3(CC3)C2)nc1NCc1ccc(CO)c(Cl)c1.O=C(NCCN1CCCCC1)c1cnc(N2CCC3(CC3)C2)nc1NCc1ccc(CO)c(Cl)c1.O=C(NCc1ncccn1)c1cnc(N2CC3CC3C2)nc1NCc1ccc(CO)c(Cl)c1. The molecular weight excluding hydrogens is 1820 g/mol. The summed E-state index contributed by atoms with van der Waals surface area (Å²) in [7, 11) is 2.14. The molecule has 2 atom stereocenters. The zero-order chi connectivity index (χ0) is 95.0. The first kappa shape index (κ1) is 98.1. The van der Waals surface area contributed by atoms with Gasteiger partial charge in [-0.25, -0.2) is 29.9 Å². The van der Waals surface area contributed by atoms with Crippen LogP contribution in [-0.4, -0.2) is 239 Å². The third-order valence-corrected chi connectivity index (χ3v) is 30.2. The molecule has 37 heteroatoms. The number of nitrogens with zero attached hydrogens (tertiary/aromatic N) is 17. The largest absolute Gasteiger partial charge is 0.392 e. The van der Waals surface area contributed by atoms with Gasteiger partial charge in [0.2, 0.25) is 23.8 Å². The molecule has 2 unspecified atom stereocenters. The van der Waals surface area contributed by atoms with Gasteiger partial charge in [-0.05, 0) is 213 Å². The fraction of sp³-hybridized carbons (Fsp3) is 0.520. The maximum absolute atomic E-state index is 13.1. The van der Waals surface area contributed by atoms with Crippen LogP contribution >= 0.6 is 46.4 Å². The highest BCUT2D eigenvalue weighted by Crippen LogP contribution is 2.55. The Morgan fingerprint density at radius 2 is 0.730 bits per heavy atom. The number of fused-ring (bicyclic) bond motifs is 1. The number of halogens is 4. The number of piperidine rings is 2. The lowest BCUT2D eigenvalue weighted by atomic mass is 9.95. The maximum Gasteiger partial charge on any atom is 0.256 e. The van der Waals surface area contributed by atoms with Crippen LogP contribution < -0.4 is 62.1 Å². The fourth-order valence-electron chi connectivity index (χ4n) is 19.3. The van der Waals surface area contributed by atoms with E-state index in [0.29, 0.717) is 173 Å². The van der Waals surface area contributed by atoms with Crippen molar-refractivity contribution < 1.29 is 39.6 Å². The standard InChI is InChI=1S/C26H36ClN7O2.C26H35ClN6O2.C25H32ClN5O2.C23H24ClN7O2/c1-32-10-12-33(13-11-32)9-7-28-24(36)21-16-30-25(34-8-6-26(18-34)4-5-26)31-23(21)29-15-19-2-3-20(17-35)22(27)14-19;27-22-14-19(4-5-20(22)17-34)15-29-23-21(24(35)28-9-13-32-10-2-1-3-11-32)16-30-25(31-23)33-12-8-26(18-33)6-7-26;26-21-12-17(6-7-18(21)15-32)13-27-22-20(23(33)29-19-4-2-1-3-5-19)14-28-24(30-22)31-11-10-25(16-31)8-9-25;24-19-6-14(2-3-15(19)13-32)8-27-21-18(22(33)28-10-20-25-4-1-5-26-20)9-29-23(30-21)31-11-16-7-17(16)12-31/h2-3,14,16,35H,4-13,15,17-18H2,1H3,(H,28,36)(H,29,30,31);4-5,14,16,34H,1-3,6-13,15,17-18H2,(H,28,35)(H,29,30,31);6-7,12,14,19,32H,1-5,8-11,13,15-16H2,(H,29,33)(H,27,28,30);1-6,9,16-17,32H,7-8,10-13H2,(H,28,33)(H,27,29,30). The van der Waals surface area contributed by atoms with E-state index in [1.807, 2.05) is 60.7 Å². The van der Waals surface area contributed by atoms with Crippen LogP contribution in [0.1, 0.15) is 207 Å². The lowest BCUT2D eigenvalue weighted by Crippen LogP contribution is -2.46. The molecule has 137 heavy (non-hydrogen) atoms. The quantitative estimate of drug-likeness (QED) is 0.0182. The molecule has 4 aromatic carbocycles. The lowest BCUT2D eigenvalue weighted by Gasteiger charge is -2.32. The molecule has 5 aliphatic carbocycles. The second-order valence-corrected chi connectivity index (χ2v) is 40.5. The van der Waals surface area contributed by atoms with Crippen LogP contribution in [0.5, 0.6) is 0 Å². The lowest BCUT2D eigenvalue weighted by molar-refractivity contribution is 0.0922. The van der Waals surface area contributed by atoms with E-state index in [4.69, 9.17) is 66.3 Å². The molecule has 6 aliphatic heterocycles. The molecule has 20 rings (SSSR count). The second kappa shape index (κ2) is 45.6. The number of carbonyl (C=O) groups excluding carboxylic acids is 4. The minimum atomic E-state index is -0.311. The molecule has 3 spiro atoms. The zero-order valence-electron chi connectivity index (χ0n) is 78.1. The highest BCUT2D eigenvalue weighted by atomic mass is 35.5. The third kappa shape index (κ3) is 26.1. The van der Waals surface area contributed by atoms with Crippen LogP contribution in [0.2, 0.25) is 20.1 Å². The molecule has 6 saturated heterocycles. The highest BCUT2D eigenvalue weighted by molar-refractivity contribution is 6.32. The maximum atomic E-state index is 13.1. The number of aromatic nitrogens is 10. The van der Waals surface area contributed by atoms with Crippen molar-refractivity contribution >= 4 is 117 Å². The number of hydrogen-bond acceptors (Lipinski definition) is 29. The first-order valence-electron chi connectivity index (χ1n) is 48.7. The minimum Gasteiger partial charge on any atom is -0.392 e. The summed E-state index contributed by atoms with van der Waals surface area (Å²) < 4.78 is 0. The Hall–Kier alpha value is -10.6. The van der Waals surface area contributed by atoms with Crippen LogP contribution in [0, 0.1) is 28.1 Å². The van der Waals surface area contributed by atoms with Gasteiger partial charge in [0.1, 0.15) is 51.3 Å². The summed E-state index contributed by atoms with van der Waals surface area (Å²) in [5.41, 5.74) is 9.59. The van der Waals surface area contributed by atoms with E-state index in [1.54, 1.807) is 55.4 Å². The van der Waals surface area contributed by atoms with Gasteiger partial charge in [-0.15, -0.1) is 0 Å². The van der Waals surface area contributed by atoms with Crippen molar-refractivity contribution in [1.82, 2.24) is 85.8 Å². The monoisotopic (exact) mass is 1950 g/mol. The average molecular weight is 1950 g/mol. The summed E-state index contributed by atoms with van der Waals surface area (Å²) in [5.74, 6) is 5.95.